The monoisotopic (exact) mass is 375 g/mol. The largest absolute Gasteiger partial charge is 0.370 e. The van der Waals surface area contributed by atoms with Gasteiger partial charge in [0, 0.05) is 34.2 Å². The Morgan fingerprint density at radius 2 is 2.16 bits per heavy atom. The molecule has 0 radical (unpaired) electrons. The lowest BCUT2D eigenvalue weighted by Crippen LogP contribution is -2.26. The van der Waals surface area contributed by atoms with E-state index in [0.29, 0.717) is 18.4 Å². The van der Waals surface area contributed by atoms with E-state index in [4.69, 9.17) is 10.7 Å². The van der Waals surface area contributed by atoms with E-state index in [1.54, 1.807) is 27.2 Å². The van der Waals surface area contributed by atoms with Crippen molar-refractivity contribution >= 4 is 38.8 Å². The highest BCUT2D eigenvalue weighted by atomic mass is 32.1. The van der Waals surface area contributed by atoms with Gasteiger partial charge in [-0.25, -0.2) is 4.98 Å². The molecular formula is C18H21N3O2S2. The Hall–Kier alpha value is -1.99. The number of aryl methyl sites for hydroxylation is 1. The van der Waals surface area contributed by atoms with Crippen LogP contribution in [0.4, 0.5) is 0 Å². The number of fused-ring (bicyclic) bond motifs is 1. The van der Waals surface area contributed by atoms with Gasteiger partial charge in [-0.1, -0.05) is 19.9 Å². The maximum atomic E-state index is 13.3. The molecule has 3 rings (SSSR count). The number of nitrogens with zero attached hydrogens (tertiary/aromatic N) is 2. The minimum atomic E-state index is -0.348. The van der Waals surface area contributed by atoms with Crippen LogP contribution in [0.25, 0.3) is 20.7 Å². The van der Waals surface area contributed by atoms with Crippen LogP contribution >= 0.6 is 22.7 Å². The zero-order valence-corrected chi connectivity index (χ0v) is 16.2. The Morgan fingerprint density at radius 3 is 2.76 bits per heavy atom. The Balaban J connectivity index is 2.21. The number of primary amides is 1. The molecule has 0 spiro atoms. The van der Waals surface area contributed by atoms with Crippen molar-refractivity contribution in [2.45, 2.75) is 46.1 Å². The Labute approximate surface area is 154 Å². The molecule has 0 aromatic carbocycles. The fraction of sp³-hybridized carbons (Fsp3) is 0.389. The summed E-state index contributed by atoms with van der Waals surface area (Å²) in [6.45, 7) is 6.54. The topological polar surface area (TPSA) is 78.0 Å². The molecule has 1 amide bonds. The summed E-state index contributed by atoms with van der Waals surface area (Å²) in [5, 5.41) is 2.70. The van der Waals surface area contributed by atoms with Gasteiger partial charge in [-0.3, -0.25) is 14.2 Å². The van der Waals surface area contributed by atoms with E-state index in [2.05, 4.69) is 0 Å². The minimum absolute atomic E-state index is 0.0223. The number of rotatable bonds is 6. The van der Waals surface area contributed by atoms with Gasteiger partial charge in [0.05, 0.1) is 5.39 Å². The molecule has 25 heavy (non-hydrogen) atoms. The van der Waals surface area contributed by atoms with Crippen molar-refractivity contribution in [3.63, 3.8) is 0 Å². The van der Waals surface area contributed by atoms with Gasteiger partial charge in [-0.2, -0.15) is 0 Å². The van der Waals surface area contributed by atoms with Crippen molar-refractivity contribution in [1.29, 1.82) is 0 Å². The van der Waals surface area contributed by atoms with E-state index in [0.717, 1.165) is 26.0 Å². The summed E-state index contributed by atoms with van der Waals surface area (Å²) in [4.78, 5) is 32.1. The number of hydrogen-bond acceptors (Lipinski definition) is 5. The van der Waals surface area contributed by atoms with Crippen LogP contribution in [0.1, 0.15) is 43.3 Å². The number of carbonyl (C=O) groups excluding carboxylic acids is 1. The van der Waals surface area contributed by atoms with Crippen molar-refractivity contribution in [1.82, 2.24) is 9.55 Å². The summed E-state index contributed by atoms with van der Waals surface area (Å²) in [6.07, 6.45) is 0.808. The van der Waals surface area contributed by atoms with Crippen molar-refractivity contribution in [3.8, 4) is 10.4 Å². The van der Waals surface area contributed by atoms with Crippen molar-refractivity contribution < 1.29 is 4.79 Å². The van der Waals surface area contributed by atoms with Crippen LogP contribution < -0.4 is 11.3 Å². The second-order valence-electron chi connectivity index (χ2n) is 6.34. The van der Waals surface area contributed by atoms with E-state index in [1.165, 1.54) is 0 Å². The van der Waals surface area contributed by atoms with Crippen molar-refractivity contribution in [2.75, 3.05) is 0 Å². The smallest absolute Gasteiger partial charge is 0.262 e. The summed E-state index contributed by atoms with van der Waals surface area (Å²) >= 11 is 3.19. The van der Waals surface area contributed by atoms with Crippen molar-refractivity contribution in [2.24, 2.45) is 5.73 Å². The van der Waals surface area contributed by atoms with Crippen LogP contribution in [0, 0.1) is 6.92 Å². The molecule has 0 aliphatic rings. The quantitative estimate of drug-likeness (QED) is 0.710. The van der Waals surface area contributed by atoms with Gasteiger partial charge >= 0.3 is 0 Å². The van der Waals surface area contributed by atoms with Crippen LogP contribution in [-0.4, -0.2) is 15.5 Å². The molecule has 2 N–H and O–H groups in total. The lowest BCUT2D eigenvalue weighted by atomic mass is 10.1. The number of aromatic nitrogens is 2. The second kappa shape index (κ2) is 7.09. The first-order valence-corrected chi connectivity index (χ1v) is 9.95. The Kier molecular flexibility index (Phi) is 5.06. The van der Waals surface area contributed by atoms with Gasteiger partial charge < -0.3 is 5.73 Å². The number of nitrogens with two attached hydrogens (primary N) is 1. The third-order valence-corrected chi connectivity index (χ3v) is 5.99. The summed E-state index contributed by atoms with van der Waals surface area (Å²) < 4.78 is 1.72. The molecule has 0 saturated carbocycles. The van der Waals surface area contributed by atoms with E-state index in [-0.39, 0.29) is 23.8 Å². The first kappa shape index (κ1) is 17.8. The average molecular weight is 376 g/mol. The lowest BCUT2D eigenvalue weighted by Gasteiger charge is -2.15. The molecule has 0 fully saturated rings. The number of carbonyl (C=O) groups is 1. The highest BCUT2D eigenvalue weighted by Crippen LogP contribution is 2.38. The lowest BCUT2D eigenvalue weighted by molar-refractivity contribution is -0.118. The zero-order chi connectivity index (χ0) is 18.1. The van der Waals surface area contributed by atoms with E-state index in [9.17, 15) is 9.59 Å². The second-order valence-corrected chi connectivity index (χ2v) is 8.49. The molecule has 7 heteroatoms. The van der Waals surface area contributed by atoms with Crippen LogP contribution in [0.5, 0.6) is 0 Å². The normalized spacial score (nSPS) is 11.5. The van der Waals surface area contributed by atoms with Gasteiger partial charge in [0.2, 0.25) is 5.91 Å². The maximum absolute atomic E-state index is 13.3. The number of amides is 1. The summed E-state index contributed by atoms with van der Waals surface area (Å²) in [5.74, 6) is 0.540. The van der Waals surface area contributed by atoms with Crippen LogP contribution in [0.2, 0.25) is 0 Å². The highest BCUT2D eigenvalue weighted by Gasteiger charge is 2.21. The number of thiophene rings is 2. The Bertz CT molecular complexity index is 969. The van der Waals surface area contributed by atoms with Crippen LogP contribution in [0.15, 0.2) is 22.3 Å². The molecule has 0 atom stereocenters. The van der Waals surface area contributed by atoms with Gasteiger partial charge in [-0.05, 0) is 24.8 Å². The molecule has 3 heterocycles. The molecule has 3 aromatic heterocycles. The van der Waals surface area contributed by atoms with Crippen LogP contribution in [0.3, 0.4) is 0 Å². The molecular weight excluding hydrogens is 354 g/mol. The van der Waals surface area contributed by atoms with E-state index >= 15 is 0 Å². The first-order chi connectivity index (χ1) is 11.9. The predicted molar refractivity (Wildman–Crippen MR) is 104 cm³/mol. The average Bonchev–Trinajstić information content (AvgIpc) is 3.15. The van der Waals surface area contributed by atoms with E-state index < -0.39 is 0 Å². The summed E-state index contributed by atoms with van der Waals surface area (Å²) in [7, 11) is 0. The first-order valence-electron chi connectivity index (χ1n) is 8.26. The summed E-state index contributed by atoms with van der Waals surface area (Å²) in [5.41, 5.74) is 6.21. The molecule has 0 aliphatic heterocycles. The number of hydrogen-bond donors (Lipinski definition) is 1. The molecule has 3 aromatic rings. The third kappa shape index (κ3) is 3.39. The van der Waals surface area contributed by atoms with Crippen molar-refractivity contribution in [3.05, 3.63) is 38.6 Å². The minimum Gasteiger partial charge on any atom is -0.370 e. The Morgan fingerprint density at radius 1 is 1.40 bits per heavy atom. The molecule has 132 valence electrons. The molecule has 0 unspecified atom stereocenters. The molecule has 5 nitrogen and oxygen atoms in total. The fourth-order valence-corrected chi connectivity index (χ4v) is 4.93. The zero-order valence-electron chi connectivity index (χ0n) is 14.5. The standard InChI is InChI=1S/C18H21N3O2S2/c1-10(2)16-20-17-15(18(23)21(16)8-4-7-13(19)22)14(11(3)25-17)12-6-5-9-24-12/h5-6,9-10H,4,7-8H2,1-3H3,(H2,19,22). The third-order valence-electron chi connectivity index (χ3n) is 4.11. The van der Waals surface area contributed by atoms with Gasteiger partial charge in [0.25, 0.3) is 5.56 Å². The van der Waals surface area contributed by atoms with E-state index in [1.807, 2.05) is 38.3 Å². The molecule has 0 saturated heterocycles. The van der Waals surface area contributed by atoms with Crippen LogP contribution in [-0.2, 0) is 11.3 Å². The molecule has 0 aliphatic carbocycles. The predicted octanol–water partition coefficient (Wildman–Crippen LogP) is 3.88. The fourth-order valence-electron chi connectivity index (χ4n) is 3.00. The van der Waals surface area contributed by atoms with Gasteiger partial charge in [0.1, 0.15) is 10.7 Å². The maximum Gasteiger partial charge on any atom is 0.262 e. The highest BCUT2D eigenvalue weighted by molar-refractivity contribution is 7.20. The van der Waals surface area contributed by atoms with Gasteiger partial charge in [0.15, 0.2) is 0 Å². The van der Waals surface area contributed by atoms with Gasteiger partial charge in [-0.15, -0.1) is 22.7 Å². The SMILES string of the molecule is Cc1sc2nc(C(C)C)n(CCCC(N)=O)c(=O)c2c1-c1cccs1. The summed E-state index contributed by atoms with van der Waals surface area (Å²) in [6, 6.07) is 4.02. The molecule has 0 bridgehead atoms.